The summed E-state index contributed by atoms with van der Waals surface area (Å²) in [6.45, 7) is 6.37. The quantitative estimate of drug-likeness (QED) is 0.925. The Morgan fingerprint density at radius 2 is 2.14 bits per heavy atom. The maximum atomic E-state index is 12.6. The lowest BCUT2D eigenvalue weighted by Crippen LogP contribution is -2.62. The van der Waals surface area contributed by atoms with Gasteiger partial charge in [0.05, 0.1) is 0 Å². The van der Waals surface area contributed by atoms with Crippen molar-refractivity contribution in [2.75, 3.05) is 13.1 Å². The molecule has 0 aliphatic carbocycles. The Labute approximate surface area is 129 Å². The first-order valence-electron chi connectivity index (χ1n) is 8.04. The van der Waals surface area contributed by atoms with Crippen LogP contribution in [0.1, 0.15) is 36.0 Å². The number of oxazole rings is 1. The topological polar surface area (TPSA) is 58.4 Å². The summed E-state index contributed by atoms with van der Waals surface area (Å²) in [6.07, 6.45) is 2.38. The highest BCUT2D eigenvalue weighted by atomic mass is 16.3. The lowest BCUT2D eigenvalue weighted by molar-refractivity contribution is 0.0217. The summed E-state index contributed by atoms with van der Waals surface area (Å²) in [5.41, 5.74) is 2.13. The van der Waals surface area contributed by atoms with Crippen molar-refractivity contribution in [1.29, 1.82) is 0 Å². The number of aromatic nitrogens is 1. The average molecular weight is 299 g/mol. The first kappa shape index (κ1) is 13.8. The average Bonchev–Trinajstić information content (AvgIpc) is 2.90. The Kier molecular flexibility index (Phi) is 3.18. The Balaban J connectivity index is 1.55. The zero-order valence-corrected chi connectivity index (χ0v) is 13.0. The van der Waals surface area contributed by atoms with Crippen LogP contribution >= 0.6 is 0 Å². The van der Waals surface area contributed by atoms with Crippen molar-refractivity contribution in [1.82, 2.24) is 15.2 Å². The van der Waals surface area contributed by atoms with Gasteiger partial charge in [-0.15, -0.1) is 0 Å². The van der Waals surface area contributed by atoms with E-state index in [1.54, 1.807) is 0 Å². The largest absolute Gasteiger partial charge is 0.441 e. The van der Waals surface area contributed by atoms with Gasteiger partial charge in [-0.2, -0.15) is 0 Å². The molecule has 4 heterocycles. The number of rotatable bonds is 2. The molecule has 3 fully saturated rings. The van der Waals surface area contributed by atoms with E-state index in [-0.39, 0.29) is 11.9 Å². The number of amides is 1. The van der Waals surface area contributed by atoms with Crippen LogP contribution in [-0.4, -0.2) is 41.0 Å². The standard InChI is InChI=1S/C17H21N3O2/c1-10-16(12-5-7-20(10)8-6-12)19-17(21)13-3-4-15-14(9-13)18-11(2)22-15/h3-4,9-10,12,16H,5-8H2,1-2H3,(H,19,21)/t10-,16-/m0/s1. The van der Waals surface area contributed by atoms with Gasteiger partial charge in [-0.1, -0.05) is 0 Å². The van der Waals surface area contributed by atoms with Crippen molar-refractivity contribution < 1.29 is 9.21 Å². The molecule has 2 atom stereocenters. The second-order valence-electron chi connectivity index (χ2n) is 6.53. The number of hydrogen-bond donors (Lipinski definition) is 1. The number of nitrogens with one attached hydrogen (secondary N) is 1. The van der Waals surface area contributed by atoms with Gasteiger partial charge in [0.2, 0.25) is 0 Å². The van der Waals surface area contributed by atoms with Gasteiger partial charge in [-0.3, -0.25) is 9.69 Å². The third-order valence-corrected chi connectivity index (χ3v) is 5.23. The van der Waals surface area contributed by atoms with E-state index in [1.807, 2.05) is 25.1 Å². The fraction of sp³-hybridized carbons (Fsp3) is 0.529. The van der Waals surface area contributed by atoms with E-state index in [0.717, 1.165) is 11.1 Å². The van der Waals surface area contributed by atoms with Crippen LogP contribution in [0.25, 0.3) is 11.1 Å². The Morgan fingerprint density at radius 3 is 2.86 bits per heavy atom. The van der Waals surface area contributed by atoms with Gasteiger partial charge in [0.25, 0.3) is 5.91 Å². The van der Waals surface area contributed by atoms with Crippen molar-refractivity contribution in [2.45, 2.75) is 38.8 Å². The summed E-state index contributed by atoms with van der Waals surface area (Å²) >= 11 is 0. The highest BCUT2D eigenvalue weighted by Gasteiger charge is 2.40. The molecule has 1 amide bonds. The summed E-state index contributed by atoms with van der Waals surface area (Å²) < 4.78 is 5.46. The van der Waals surface area contributed by atoms with E-state index in [1.165, 1.54) is 25.9 Å². The number of piperidine rings is 3. The molecular weight excluding hydrogens is 278 g/mol. The fourth-order valence-corrected chi connectivity index (χ4v) is 3.96. The van der Waals surface area contributed by atoms with E-state index in [4.69, 9.17) is 4.42 Å². The minimum Gasteiger partial charge on any atom is -0.441 e. The molecular formula is C17H21N3O2. The zero-order valence-electron chi connectivity index (χ0n) is 13.0. The van der Waals surface area contributed by atoms with Gasteiger partial charge in [0.1, 0.15) is 5.52 Å². The van der Waals surface area contributed by atoms with Gasteiger partial charge in [0.15, 0.2) is 11.5 Å². The SMILES string of the molecule is Cc1nc2cc(C(=O)N[C@@H]3C4CCN(CC4)[C@H]3C)ccc2o1. The van der Waals surface area contributed by atoms with Crippen molar-refractivity contribution >= 4 is 17.0 Å². The Bertz CT molecular complexity index is 714. The number of hydrogen-bond acceptors (Lipinski definition) is 4. The molecule has 2 bridgehead atoms. The molecule has 5 heteroatoms. The summed E-state index contributed by atoms with van der Waals surface area (Å²) in [5.74, 6) is 1.23. The van der Waals surface area contributed by atoms with Crippen LogP contribution in [0, 0.1) is 12.8 Å². The number of aryl methyl sites for hydroxylation is 1. The highest BCUT2D eigenvalue weighted by Crippen LogP contribution is 2.32. The summed E-state index contributed by atoms with van der Waals surface area (Å²) in [6, 6.07) is 6.13. The zero-order chi connectivity index (χ0) is 15.3. The van der Waals surface area contributed by atoms with Crippen LogP contribution in [0.15, 0.2) is 22.6 Å². The van der Waals surface area contributed by atoms with Crippen LogP contribution in [0.2, 0.25) is 0 Å². The van der Waals surface area contributed by atoms with Crippen LogP contribution in [0.3, 0.4) is 0 Å². The molecule has 2 aromatic rings. The van der Waals surface area contributed by atoms with Crippen molar-refractivity contribution in [3.8, 4) is 0 Å². The summed E-state index contributed by atoms with van der Waals surface area (Å²) in [4.78, 5) is 19.4. The minimum atomic E-state index is -0.00634. The van der Waals surface area contributed by atoms with Crippen LogP contribution in [0.5, 0.6) is 0 Å². The molecule has 3 saturated heterocycles. The third kappa shape index (κ3) is 2.20. The summed E-state index contributed by atoms with van der Waals surface area (Å²) in [5, 5.41) is 3.25. The van der Waals surface area contributed by atoms with Crippen molar-refractivity contribution in [3.05, 3.63) is 29.7 Å². The van der Waals surface area contributed by atoms with Gasteiger partial charge in [-0.05, 0) is 57.0 Å². The van der Waals surface area contributed by atoms with Crippen LogP contribution < -0.4 is 5.32 Å². The van der Waals surface area contributed by atoms with Gasteiger partial charge in [0, 0.05) is 24.6 Å². The lowest BCUT2D eigenvalue weighted by atomic mass is 9.79. The van der Waals surface area contributed by atoms with Crippen molar-refractivity contribution in [2.24, 2.45) is 5.92 Å². The first-order valence-corrected chi connectivity index (χ1v) is 8.04. The molecule has 0 spiro atoms. The van der Waals surface area contributed by atoms with Gasteiger partial charge in [-0.25, -0.2) is 4.98 Å². The Hall–Kier alpha value is -1.88. The molecule has 0 radical (unpaired) electrons. The second-order valence-corrected chi connectivity index (χ2v) is 6.53. The molecule has 1 aromatic carbocycles. The number of carbonyl (C=O) groups excluding carboxylic acids is 1. The van der Waals surface area contributed by atoms with Crippen LogP contribution in [-0.2, 0) is 0 Å². The normalized spacial score (nSPS) is 30.6. The molecule has 5 rings (SSSR count). The first-order chi connectivity index (χ1) is 10.6. The monoisotopic (exact) mass is 299 g/mol. The molecule has 116 valence electrons. The predicted octanol–water partition coefficient (Wildman–Crippen LogP) is 2.35. The van der Waals surface area contributed by atoms with E-state index >= 15 is 0 Å². The van der Waals surface area contributed by atoms with E-state index in [9.17, 15) is 4.79 Å². The van der Waals surface area contributed by atoms with E-state index in [0.29, 0.717) is 23.4 Å². The van der Waals surface area contributed by atoms with E-state index < -0.39 is 0 Å². The molecule has 0 unspecified atom stereocenters. The minimum absolute atomic E-state index is 0.00634. The molecule has 1 N–H and O–H groups in total. The van der Waals surface area contributed by atoms with Gasteiger partial charge >= 0.3 is 0 Å². The number of fused-ring (bicyclic) bond motifs is 4. The lowest BCUT2D eigenvalue weighted by Gasteiger charge is -2.49. The molecule has 3 aliphatic rings. The van der Waals surface area contributed by atoms with Crippen molar-refractivity contribution in [3.63, 3.8) is 0 Å². The Morgan fingerprint density at radius 1 is 1.36 bits per heavy atom. The predicted molar refractivity (Wildman–Crippen MR) is 83.8 cm³/mol. The molecule has 22 heavy (non-hydrogen) atoms. The van der Waals surface area contributed by atoms with Crippen LogP contribution in [0.4, 0.5) is 0 Å². The van der Waals surface area contributed by atoms with E-state index in [2.05, 4.69) is 22.1 Å². The van der Waals surface area contributed by atoms with Gasteiger partial charge < -0.3 is 9.73 Å². The molecule has 5 nitrogen and oxygen atoms in total. The maximum Gasteiger partial charge on any atom is 0.251 e. The second kappa shape index (κ2) is 5.09. The highest BCUT2D eigenvalue weighted by molar-refractivity contribution is 5.97. The molecule has 3 aliphatic heterocycles. The maximum absolute atomic E-state index is 12.6. The molecule has 0 saturated carbocycles. The number of nitrogens with zero attached hydrogens (tertiary/aromatic N) is 2. The number of carbonyl (C=O) groups is 1. The molecule has 1 aromatic heterocycles. The third-order valence-electron chi connectivity index (χ3n) is 5.23. The fourth-order valence-electron chi connectivity index (χ4n) is 3.96. The number of benzene rings is 1. The summed E-state index contributed by atoms with van der Waals surface area (Å²) in [7, 11) is 0. The smallest absolute Gasteiger partial charge is 0.251 e.